The number of hydrogen-bond donors (Lipinski definition) is 3. The molecule has 0 saturated heterocycles. The Morgan fingerprint density at radius 3 is 2.77 bits per heavy atom. The fourth-order valence-corrected chi connectivity index (χ4v) is 2.72. The van der Waals surface area contributed by atoms with Gasteiger partial charge in [-0.05, 0) is 30.5 Å². The summed E-state index contributed by atoms with van der Waals surface area (Å²) in [6, 6.07) is 7.87. The van der Waals surface area contributed by atoms with E-state index in [0.717, 1.165) is 36.3 Å². The van der Waals surface area contributed by atoms with Gasteiger partial charge in [0.05, 0.1) is 6.54 Å². The Morgan fingerprint density at radius 1 is 1.31 bits per heavy atom. The van der Waals surface area contributed by atoms with Crippen molar-refractivity contribution in [2.75, 3.05) is 12.4 Å². The summed E-state index contributed by atoms with van der Waals surface area (Å²) < 4.78 is 1.72. The number of carbonyl (C=O) groups is 1. The predicted octanol–water partition coefficient (Wildman–Crippen LogP) is 1.42. The molecular weight excluding hydrogens is 330 g/mol. The number of anilines is 1. The number of amides is 1. The molecule has 3 rings (SSSR count). The van der Waals surface area contributed by atoms with E-state index < -0.39 is 0 Å². The summed E-state index contributed by atoms with van der Waals surface area (Å²) in [5, 5.41) is 13.5. The fourth-order valence-electron chi connectivity index (χ4n) is 2.72. The van der Waals surface area contributed by atoms with Crippen LogP contribution in [0.25, 0.3) is 0 Å². The van der Waals surface area contributed by atoms with Crippen LogP contribution in [0.2, 0.25) is 0 Å². The summed E-state index contributed by atoms with van der Waals surface area (Å²) in [5.41, 5.74) is 1.90. The van der Waals surface area contributed by atoms with E-state index in [-0.39, 0.29) is 11.8 Å². The van der Waals surface area contributed by atoms with Crippen LogP contribution in [0.3, 0.4) is 0 Å². The molecule has 2 aromatic rings. The highest BCUT2D eigenvalue weighted by molar-refractivity contribution is 5.93. The minimum absolute atomic E-state index is 0.127. The summed E-state index contributed by atoms with van der Waals surface area (Å²) >= 11 is 0. The molecule has 1 aromatic heterocycles. The van der Waals surface area contributed by atoms with Crippen LogP contribution in [0.1, 0.15) is 30.7 Å². The zero-order valence-electron chi connectivity index (χ0n) is 15.2. The second-order valence-electron chi connectivity index (χ2n) is 6.40. The lowest BCUT2D eigenvalue weighted by molar-refractivity contribution is -0.122. The Morgan fingerprint density at radius 2 is 2.12 bits per heavy atom. The molecule has 1 saturated carbocycles. The number of nitrogens with one attached hydrogen (secondary N) is 3. The number of rotatable bonds is 6. The molecule has 1 aliphatic rings. The molecule has 0 bridgehead atoms. The number of nitrogens with zero attached hydrogens (tertiary/aromatic N) is 4. The van der Waals surface area contributed by atoms with Gasteiger partial charge in [-0.2, -0.15) is 5.10 Å². The number of aryl methyl sites for hydroxylation is 1. The zero-order chi connectivity index (χ0) is 18.4. The molecule has 1 aliphatic carbocycles. The van der Waals surface area contributed by atoms with E-state index in [4.69, 9.17) is 0 Å². The first-order valence-corrected chi connectivity index (χ1v) is 8.83. The Bertz CT molecular complexity index is 779. The van der Waals surface area contributed by atoms with Gasteiger partial charge < -0.3 is 16.0 Å². The highest BCUT2D eigenvalue weighted by atomic mass is 16.1. The van der Waals surface area contributed by atoms with Gasteiger partial charge >= 0.3 is 0 Å². The number of hydrogen-bond acceptors (Lipinski definition) is 4. The molecule has 0 atom stereocenters. The predicted molar refractivity (Wildman–Crippen MR) is 100 cm³/mol. The van der Waals surface area contributed by atoms with Crippen LogP contribution in [0, 0.1) is 5.92 Å². The number of guanidine groups is 1. The van der Waals surface area contributed by atoms with E-state index in [2.05, 4.69) is 31.0 Å². The summed E-state index contributed by atoms with van der Waals surface area (Å²) in [6.07, 6.45) is 4.68. The van der Waals surface area contributed by atoms with Gasteiger partial charge in [0.2, 0.25) is 5.91 Å². The Hall–Kier alpha value is -2.90. The van der Waals surface area contributed by atoms with Crippen molar-refractivity contribution < 1.29 is 4.79 Å². The molecule has 3 N–H and O–H groups in total. The van der Waals surface area contributed by atoms with Crippen LogP contribution in [-0.2, 0) is 24.9 Å². The molecule has 1 amide bonds. The first-order chi connectivity index (χ1) is 12.7. The van der Waals surface area contributed by atoms with Crippen molar-refractivity contribution in [1.29, 1.82) is 0 Å². The fraction of sp³-hybridized carbons (Fsp3) is 0.444. The van der Waals surface area contributed by atoms with Crippen LogP contribution in [0.4, 0.5) is 5.69 Å². The molecule has 26 heavy (non-hydrogen) atoms. The Labute approximate surface area is 153 Å². The van der Waals surface area contributed by atoms with Crippen LogP contribution < -0.4 is 16.0 Å². The van der Waals surface area contributed by atoms with Crippen LogP contribution in [0.5, 0.6) is 0 Å². The molecule has 0 radical (unpaired) electrons. The van der Waals surface area contributed by atoms with Gasteiger partial charge in [0.25, 0.3) is 0 Å². The van der Waals surface area contributed by atoms with E-state index in [0.29, 0.717) is 19.0 Å². The van der Waals surface area contributed by atoms with Crippen LogP contribution in [-0.4, -0.2) is 33.7 Å². The molecule has 1 fully saturated rings. The Balaban J connectivity index is 1.50. The van der Waals surface area contributed by atoms with E-state index in [1.54, 1.807) is 11.7 Å². The van der Waals surface area contributed by atoms with Crippen LogP contribution in [0.15, 0.2) is 35.6 Å². The summed E-state index contributed by atoms with van der Waals surface area (Å²) in [5.74, 6) is 1.81. The lowest BCUT2D eigenvalue weighted by atomic mass is 9.85. The third-order valence-electron chi connectivity index (χ3n) is 4.57. The second kappa shape index (κ2) is 8.46. The zero-order valence-corrected chi connectivity index (χ0v) is 15.2. The van der Waals surface area contributed by atoms with E-state index >= 15 is 0 Å². The number of benzene rings is 1. The smallest absolute Gasteiger partial charge is 0.227 e. The molecule has 8 heteroatoms. The molecule has 0 unspecified atom stereocenters. The largest absolute Gasteiger partial charge is 0.352 e. The molecule has 0 spiro atoms. The third kappa shape index (κ3) is 4.59. The van der Waals surface area contributed by atoms with Gasteiger partial charge in [-0.3, -0.25) is 14.5 Å². The topological polar surface area (TPSA) is 96.2 Å². The van der Waals surface area contributed by atoms with Crippen LogP contribution >= 0.6 is 0 Å². The lowest BCUT2D eigenvalue weighted by Gasteiger charge is -2.24. The van der Waals surface area contributed by atoms with Crippen molar-refractivity contribution in [3.63, 3.8) is 0 Å². The summed E-state index contributed by atoms with van der Waals surface area (Å²) in [4.78, 5) is 20.5. The average molecular weight is 355 g/mol. The third-order valence-corrected chi connectivity index (χ3v) is 4.57. The molecule has 1 heterocycles. The van der Waals surface area contributed by atoms with Gasteiger partial charge in [0.15, 0.2) is 5.96 Å². The molecule has 1 aromatic carbocycles. The van der Waals surface area contributed by atoms with Crippen molar-refractivity contribution in [3.8, 4) is 0 Å². The van der Waals surface area contributed by atoms with Gasteiger partial charge in [-0.15, -0.1) is 0 Å². The monoisotopic (exact) mass is 355 g/mol. The molecule has 8 nitrogen and oxygen atoms in total. The Kier molecular flexibility index (Phi) is 5.83. The molecule has 0 aliphatic heterocycles. The summed E-state index contributed by atoms with van der Waals surface area (Å²) in [6.45, 7) is 1.14. The summed E-state index contributed by atoms with van der Waals surface area (Å²) in [7, 11) is 3.57. The maximum atomic E-state index is 12.1. The van der Waals surface area contributed by atoms with E-state index in [9.17, 15) is 4.79 Å². The lowest BCUT2D eigenvalue weighted by Crippen LogP contribution is -2.37. The van der Waals surface area contributed by atoms with Crippen molar-refractivity contribution in [2.24, 2.45) is 18.0 Å². The number of carbonyl (C=O) groups excluding carboxylic acids is 1. The number of aliphatic imine (C=N–C) groups is 1. The van der Waals surface area contributed by atoms with Crippen molar-refractivity contribution in [1.82, 2.24) is 25.4 Å². The van der Waals surface area contributed by atoms with Gasteiger partial charge in [-0.1, -0.05) is 18.6 Å². The normalized spacial score (nSPS) is 14.6. The maximum absolute atomic E-state index is 12.1. The van der Waals surface area contributed by atoms with Crippen molar-refractivity contribution in [2.45, 2.75) is 32.4 Å². The van der Waals surface area contributed by atoms with Gasteiger partial charge in [0, 0.05) is 32.2 Å². The highest BCUT2D eigenvalue weighted by Gasteiger charge is 2.25. The first-order valence-electron chi connectivity index (χ1n) is 8.83. The van der Waals surface area contributed by atoms with Gasteiger partial charge in [0.1, 0.15) is 12.2 Å². The first kappa shape index (κ1) is 17.9. The molecule has 138 valence electrons. The van der Waals surface area contributed by atoms with E-state index in [1.165, 1.54) is 6.33 Å². The standard InChI is InChI=1S/C18H25N7O/c1-19-18(21-11-16-22-12-23-25(16)2)20-10-13-5-3-8-15(9-13)24-17(26)14-6-4-7-14/h3,5,8-9,12,14H,4,6-7,10-11H2,1-2H3,(H,24,26)(H2,19,20,21). The SMILES string of the molecule is CN=C(NCc1cccc(NC(=O)C2CCC2)c1)NCc1ncnn1C. The van der Waals surface area contributed by atoms with Crippen molar-refractivity contribution >= 4 is 17.6 Å². The van der Waals surface area contributed by atoms with Crippen molar-refractivity contribution in [3.05, 3.63) is 42.0 Å². The second-order valence-corrected chi connectivity index (χ2v) is 6.40. The van der Waals surface area contributed by atoms with E-state index in [1.807, 2.05) is 31.3 Å². The minimum atomic E-state index is 0.127. The minimum Gasteiger partial charge on any atom is -0.352 e. The van der Waals surface area contributed by atoms with Gasteiger partial charge in [-0.25, -0.2) is 4.98 Å². The maximum Gasteiger partial charge on any atom is 0.227 e. The average Bonchev–Trinajstić information content (AvgIpc) is 2.99. The quantitative estimate of drug-likeness (QED) is 0.538. The number of aromatic nitrogens is 3. The molecular formula is C18H25N7O. The highest BCUT2D eigenvalue weighted by Crippen LogP contribution is 2.27.